The zero-order chi connectivity index (χ0) is 23.0. The molecule has 0 saturated carbocycles. The van der Waals surface area contributed by atoms with Crippen LogP contribution in [0.3, 0.4) is 0 Å². The molecule has 0 spiro atoms. The first-order chi connectivity index (χ1) is 14.7. The van der Waals surface area contributed by atoms with Gasteiger partial charge in [0.1, 0.15) is 5.70 Å². The molecule has 0 aliphatic carbocycles. The predicted molar refractivity (Wildman–Crippen MR) is 105 cm³/mol. The highest BCUT2D eigenvalue weighted by Gasteiger charge is 2.32. The quantitative estimate of drug-likeness (QED) is 0.347. The minimum absolute atomic E-state index is 0.180. The topological polar surface area (TPSA) is 106 Å². The van der Waals surface area contributed by atoms with Crippen molar-refractivity contribution in [2.75, 3.05) is 25.0 Å². The van der Waals surface area contributed by atoms with Gasteiger partial charge in [0.15, 0.2) is 0 Å². The highest BCUT2D eigenvalue weighted by molar-refractivity contribution is 6.04. The SMILES string of the molecule is COC(=O)/C=C(/Nc1ccc(C(F)(F)F)cc1C(=O)NNc1ccccc1)C(=O)OC. The zero-order valence-electron chi connectivity index (χ0n) is 16.4. The molecule has 31 heavy (non-hydrogen) atoms. The van der Waals surface area contributed by atoms with Crippen LogP contribution < -0.4 is 16.2 Å². The standard InChI is InChI=1S/C20H18F3N3O5/c1-30-17(27)11-16(19(29)31-2)24-15-9-8-12(20(21,22)23)10-14(15)18(28)26-25-13-6-4-3-5-7-13/h3-11,24-25H,1-2H3,(H,26,28)/b16-11+. The molecule has 2 rings (SSSR count). The van der Waals surface area contributed by atoms with Crippen LogP contribution in [-0.2, 0) is 25.2 Å². The van der Waals surface area contributed by atoms with E-state index < -0.39 is 40.8 Å². The molecular weight excluding hydrogens is 419 g/mol. The Hall–Kier alpha value is -4.02. The molecule has 0 saturated heterocycles. The van der Waals surface area contributed by atoms with E-state index in [1.165, 1.54) is 0 Å². The highest BCUT2D eigenvalue weighted by atomic mass is 19.4. The fourth-order valence-corrected chi connectivity index (χ4v) is 2.31. The van der Waals surface area contributed by atoms with Gasteiger partial charge in [-0.25, -0.2) is 9.59 Å². The lowest BCUT2D eigenvalue weighted by molar-refractivity contribution is -0.138. The Morgan fingerprint density at radius 1 is 0.968 bits per heavy atom. The van der Waals surface area contributed by atoms with Crippen molar-refractivity contribution in [1.29, 1.82) is 0 Å². The summed E-state index contributed by atoms with van der Waals surface area (Å²) in [5.41, 5.74) is 3.18. The Morgan fingerprint density at radius 3 is 2.23 bits per heavy atom. The van der Waals surface area contributed by atoms with Gasteiger partial charge in [-0.1, -0.05) is 18.2 Å². The van der Waals surface area contributed by atoms with Gasteiger partial charge in [-0.2, -0.15) is 13.2 Å². The van der Waals surface area contributed by atoms with E-state index in [9.17, 15) is 27.6 Å². The van der Waals surface area contributed by atoms with Crippen LogP contribution in [-0.4, -0.2) is 32.1 Å². The number of halogens is 3. The second-order valence-electron chi connectivity index (χ2n) is 5.90. The molecule has 3 N–H and O–H groups in total. The molecule has 0 aliphatic rings. The zero-order valence-corrected chi connectivity index (χ0v) is 16.4. The number of nitrogens with one attached hydrogen (secondary N) is 3. The fraction of sp³-hybridized carbons (Fsp3) is 0.150. The van der Waals surface area contributed by atoms with Crippen molar-refractivity contribution >= 4 is 29.2 Å². The van der Waals surface area contributed by atoms with Crippen LogP contribution in [0, 0.1) is 0 Å². The molecule has 0 fully saturated rings. The predicted octanol–water partition coefficient (Wildman–Crippen LogP) is 3.10. The molecule has 0 heterocycles. The van der Waals surface area contributed by atoms with Crippen LogP contribution >= 0.6 is 0 Å². The molecule has 0 aliphatic heterocycles. The van der Waals surface area contributed by atoms with Crippen LogP contribution in [0.25, 0.3) is 0 Å². The first-order valence-corrected chi connectivity index (χ1v) is 8.63. The van der Waals surface area contributed by atoms with Crippen LogP contribution in [0.2, 0.25) is 0 Å². The van der Waals surface area contributed by atoms with Crippen molar-refractivity contribution in [3.63, 3.8) is 0 Å². The molecule has 0 radical (unpaired) electrons. The maximum atomic E-state index is 13.2. The van der Waals surface area contributed by atoms with Crippen molar-refractivity contribution in [3.05, 3.63) is 71.4 Å². The van der Waals surface area contributed by atoms with Crippen LogP contribution in [0.5, 0.6) is 0 Å². The normalized spacial score (nSPS) is 11.3. The van der Waals surface area contributed by atoms with Crippen molar-refractivity contribution < 1.29 is 37.0 Å². The van der Waals surface area contributed by atoms with E-state index in [-0.39, 0.29) is 5.69 Å². The molecule has 2 aromatic rings. The monoisotopic (exact) mass is 437 g/mol. The smallest absolute Gasteiger partial charge is 0.416 e. The van der Waals surface area contributed by atoms with Crippen LogP contribution in [0.1, 0.15) is 15.9 Å². The lowest BCUT2D eigenvalue weighted by Crippen LogP contribution is -2.30. The van der Waals surface area contributed by atoms with E-state index in [2.05, 4.69) is 25.6 Å². The number of methoxy groups -OCH3 is 2. The van der Waals surface area contributed by atoms with Crippen molar-refractivity contribution in [2.24, 2.45) is 0 Å². The van der Waals surface area contributed by atoms with Crippen LogP contribution in [0.15, 0.2) is 60.3 Å². The molecule has 1 amide bonds. The van der Waals surface area contributed by atoms with E-state index in [1.54, 1.807) is 30.3 Å². The molecular formula is C20H18F3N3O5. The molecule has 0 bridgehead atoms. The first-order valence-electron chi connectivity index (χ1n) is 8.63. The maximum Gasteiger partial charge on any atom is 0.416 e. The van der Waals surface area contributed by atoms with Crippen molar-refractivity contribution in [2.45, 2.75) is 6.18 Å². The van der Waals surface area contributed by atoms with Gasteiger partial charge < -0.3 is 14.8 Å². The number of hydrogen-bond donors (Lipinski definition) is 3. The molecule has 164 valence electrons. The molecule has 11 heteroatoms. The number of hydrogen-bond acceptors (Lipinski definition) is 7. The van der Waals surface area contributed by atoms with E-state index in [0.717, 1.165) is 32.4 Å². The van der Waals surface area contributed by atoms with E-state index in [1.807, 2.05) is 0 Å². The number of benzene rings is 2. The minimum Gasteiger partial charge on any atom is -0.466 e. The van der Waals surface area contributed by atoms with E-state index in [4.69, 9.17) is 0 Å². The number of anilines is 2. The van der Waals surface area contributed by atoms with Crippen molar-refractivity contribution in [1.82, 2.24) is 5.43 Å². The van der Waals surface area contributed by atoms with Crippen molar-refractivity contribution in [3.8, 4) is 0 Å². The average molecular weight is 437 g/mol. The van der Waals surface area contributed by atoms with Gasteiger partial charge in [0.2, 0.25) is 0 Å². The number of ether oxygens (including phenoxy) is 2. The maximum absolute atomic E-state index is 13.2. The van der Waals surface area contributed by atoms with E-state index in [0.29, 0.717) is 11.8 Å². The van der Waals surface area contributed by atoms with Gasteiger partial charge in [-0.3, -0.25) is 15.6 Å². The van der Waals surface area contributed by atoms with Gasteiger partial charge in [-0.05, 0) is 30.3 Å². The summed E-state index contributed by atoms with van der Waals surface area (Å²) in [6.07, 6.45) is -3.97. The highest BCUT2D eigenvalue weighted by Crippen LogP contribution is 2.32. The summed E-state index contributed by atoms with van der Waals surface area (Å²) >= 11 is 0. The number of alkyl halides is 3. The summed E-state index contributed by atoms with van der Waals surface area (Å²) in [7, 11) is 2.11. The molecule has 0 aromatic heterocycles. The number of esters is 2. The summed E-state index contributed by atoms with van der Waals surface area (Å²) in [5, 5.41) is 2.45. The number of para-hydroxylation sites is 1. The fourth-order valence-electron chi connectivity index (χ4n) is 2.31. The number of hydrazine groups is 1. The number of carbonyl (C=O) groups is 3. The van der Waals surface area contributed by atoms with E-state index >= 15 is 0 Å². The molecule has 8 nitrogen and oxygen atoms in total. The van der Waals surface area contributed by atoms with Gasteiger partial charge in [-0.15, -0.1) is 0 Å². The van der Waals surface area contributed by atoms with Gasteiger partial charge >= 0.3 is 18.1 Å². The number of carbonyl (C=O) groups excluding carboxylic acids is 3. The second kappa shape index (κ2) is 10.1. The molecule has 0 unspecified atom stereocenters. The third kappa shape index (κ3) is 6.49. The summed E-state index contributed by atoms with van der Waals surface area (Å²) in [5.74, 6) is -2.85. The molecule has 2 aromatic carbocycles. The lowest BCUT2D eigenvalue weighted by atomic mass is 10.1. The first kappa shape index (κ1) is 23.3. The average Bonchev–Trinajstić information content (AvgIpc) is 2.76. The minimum atomic E-state index is -4.71. The largest absolute Gasteiger partial charge is 0.466 e. The Bertz CT molecular complexity index is 991. The molecule has 0 atom stereocenters. The van der Waals surface area contributed by atoms with Crippen LogP contribution in [0.4, 0.5) is 24.5 Å². The summed E-state index contributed by atoms with van der Waals surface area (Å²) in [6, 6.07) is 10.6. The second-order valence-corrected chi connectivity index (χ2v) is 5.90. The van der Waals surface area contributed by atoms with Gasteiger partial charge in [0, 0.05) is 0 Å². The number of amides is 1. The Morgan fingerprint density at radius 2 is 1.65 bits per heavy atom. The Kier molecular flexibility index (Phi) is 7.61. The summed E-state index contributed by atoms with van der Waals surface area (Å²) < 4.78 is 48.5. The summed E-state index contributed by atoms with van der Waals surface area (Å²) in [6.45, 7) is 0. The van der Waals surface area contributed by atoms with Gasteiger partial charge in [0.25, 0.3) is 5.91 Å². The lowest BCUT2D eigenvalue weighted by Gasteiger charge is -2.16. The third-order valence-electron chi connectivity index (χ3n) is 3.82. The Labute approximate surface area is 175 Å². The van der Waals surface area contributed by atoms with Gasteiger partial charge in [0.05, 0.1) is 42.8 Å². The summed E-state index contributed by atoms with van der Waals surface area (Å²) in [4.78, 5) is 36.1. The number of rotatable bonds is 7. The third-order valence-corrected chi connectivity index (χ3v) is 3.82. The Balaban J connectivity index is 2.41.